The van der Waals surface area contributed by atoms with Gasteiger partial charge in [-0.3, -0.25) is 4.79 Å². The number of ether oxygens (including phenoxy) is 1. The molecule has 33 heavy (non-hydrogen) atoms. The van der Waals surface area contributed by atoms with E-state index in [-0.39, 0.29) is 29.4 Å². The van der Waals surface area contributed by atoms with Crippen molar-refractivity contribution >= 4 is 33.6 Å². The number of carbonyl (C=O) groups excluding carboxylic acids is 1. The molecule has 1 atom stereocenters. The number of nitrogens with one attached hydrogen (secondary N) is 2. The number of anilines is 1. The van der Waals surface area contributed by atoms with E-state index in [1.165, 1.54) is 12.3 Å². The maximum atomic E-state index is 15.2. The van der Waals surface area contributed by atoms with E-state index in [1.54, 1.807) is 19.1 Å². The predicted molar refractivity (Wildman–Crippen MR) is 125 cm³/mol. The minimum Gasteiger partial charge on any atom is -0.462 e. The molecule has 0 aliphatic carbocycles. The predicted octanol–water partition coefficient (Wildman–Crippen LogP) is 3.54. The monoisotopic (exact) mass is 446 g/mol. The fraction of sp³-hybridized carbons (Fsp3) is 0.240. The lowest BCUT2D eigenvalue weighted by Crippen LogP contribution is -2.46. The van der Waals surface area contributed by atoms with Gasteiger partial charge in [-0.25, -0.2) is 14.2 Å². The molecule has 0 bridgehead atoms. The smallest absolute Gasteiger partial charge is 0.343 e. The van der Waals surface area contributed by atoms with E-state index < -0.39 is 11.4 Å². The van der Waals surface area contributed by atoms with Gasteiger partial charge >= 0.3 is 5.97 Å². The Bertz CT molecular complexity index is 1400. The average Bonchev–Trinajstić information content (AvgIpc) is 2.84. The van der Waals surface area contributed by atoms with Gasteiger partial charge in [0.1, 0.15) is 17.0 Å². The summed E-state index contributed by atoms with van der Waals surface area (Å²) in [5.41, 5.74) is 1.93. The second-order valence-corrected chi connectivity index (χ2v) is 8.00. The highest BCUT2D eigenvalue weighted by Crippen LogP contribution is 2.29. The second kappa shape index (κ2) is 8.63. The van der Waals surface area contributed by atoms with Crippen LogP contribution >= 0.6 is 0 Å². The van der Waals surface area contributed by atoms with Crippen LogP contribution in [0.1, 0.15) is 28.9 Å². The van der Waals surface area contributed by atoms with Gasteiger partial charge in [0.15, 0.2) is 0 Å². The molecule has 1 aliphatic heterocycles. The van der Waals surface area contributed by atoms with Crippen LogP contribution in [-0.2, 0) is 4.74 Å². The first-order chi connectivity index (χ1) is 16.0. The van der Waals surface area contributed by atoms with Crippen LogP contribution in [-0.4, -0.2) is 42.2 Å². The zero-order valence-corrected chi connectivity index (χ0v) is 18.1. The Balaban J connectivity index is 1.53. The Morgan fingerprint density at radius 1 is 1.24 bits per heavy atom. The minimum atomic E-state index is -0.700. The molecule has 1 saturated heterocycles. The highest BCUT2D eigenvalue weighted by molar-refractivity contribution is 5.97. The van der Waals surface area contributed by atoms with Crippen LogP contribution in [0.2, 0.25) is 0 Å². The molecule has 0 amide bonds. The van der Waals surface area contributed by atoms with E-state index in [1.807, 2.05) is 23.1 Å². The molecule has 3 heterocycles. The van der Waals surface area contributed by atoms with Crippen LogP contribution in [0.25, 0.3) is 21.9 Å². The van der Waals surface area contributed by atoms with Crippen LogP contribution in [0.5, 0.6) is 0 Å². The SMILES string of the molecule is CCOC(=O)c1c[nH]c2nc3cc(N4CCNC(c5ccccc5)C4)c(F)cc3cc2c1=O. The van der Waals surface area contributed by atoms with Gasteiger partial charge in [-0.05, 0) is 30.7 Å². The van der Waals surface area contributed by atoms with Crippen LogP contribution in [0, 0.1) is 5.82 Å². The number of H-pyrrole nitrogens is 1. The van der Waals surface area contributed by atoms with Crippen LogP contribution < -0.4 is 15.6 Å². The van der Waals surface area contributed by atoms with Crippen molar-refractivity contribution in [3.8, 4) is 0 Å². The van der Waals surface area contributed by atoms with Crippen LogP contribution in [0.15, 0.2) is 59.5 Å². The minimum absolute atomic E-state index is 0.0947. The lowest BCUT2D eigenvalue weighted by molar-refractivity contribution is 0.0524. The van der Waals surface area contributed by atoms with Crippen LogP contribution in [0.3, 0.4) is 0 Å². The normalized spacial score (nSPS) is 16.3. The summed E-state index contributed by atoms with van der Waals surface area (Å²) in [5, 5.41) is 4.19. The number of aromatic amines is 1. The topological polar surface area (TPSA) is 87.3 Å². The number of benzene rings is 2. The molecule has 1 aliphatic rings. The van der Waals surface area contributed by atoms with Gasteiger partial charge in [-0.15, -0.1) is 0 Å². The Hall–Kier alpha value is -3.78. The molecule has 4 aromatic rings. The molecule has 2 aromatic carbocycles. The molecule has 1 fully saturated rings. The van der Waals surface area contributed by atoms with Crippen molar-refractivity contribution in [2.45, 2.75) is 13.0 Å². The van der Waals surface area contributed by atoms with Crippen molar-refractivity contribution in [1.82, 2.24) is 15.3 Å². The van der Waals surface area contributed by atoms with Crippen molar-refractivity contribution in [1.29, 1.82) is 0 Å². The number of aromatic nitrogens is 2. The first-order valence-corrected chi connectivity index (χ1v) is 10.9. The highest BCUT2D eigenvalue weighted by Gasteiger charge is 2.24. The summed E-state index contributed by atoms with van der Waals surface area (Å²) in [7, 11) is 0. The van der Waals surface area contributed by atoms with E-state index >= 15 is 4.39 Å². The number of pyridine rings is 2. The summed E-state index contributed by atoms with van der Waals surface area (Å²) in [6, 6.07) is 14.9. The van der Waals surface area contributed by atoms with Gasteiger partial charge in [-0.1, -0.05) is 30.3 Å². The number of nitrogens with zero attached hydrogens (tertiary/aromatic N) is 2. The lowest BCUT2D eigenvalue weighted by Gasteiger charge is -2.35. The highest BCUT2D eigenvalue weighted by atomic mass is 19.1. The molecule has 2 aromatic heterocycles. The molecule has 5 rings (SSSR count). The Kier molecular flexibility index (Phi) is 5.51. The van der Waals surface area contributed by atoms with Gasteiger partial charge in [0, 0.05) is 37.3 Å². The first kappa shape index (κ1) is 21.1. The average molecular weight is 446 g/mol. The van der Waals surface area contributed by atoms with E-state index in [2.05, 4.69) is 27.4 Å². The molecular weight excluding hydrogens is 423 g/mol. The Morgan fingerprint density at radius 3 is 2.85 bits per heavy atom. The number of rotatable bonds is 4. The fourth-order valence-electron chi connectivity index (χ4n) is 4.30. The zero-order valence-electron chi connectivity index (χ0n) is 18.1. The summed E-state index contributed by atoms with van der Waals surface area (Å²) in [5.74, 6) is -1.08. The molecule has 2 N–H and O–H groups in total. The van der Waals surface area contributed by atoms with Gasteiger partial charge in [0.2, 0.25) is 5.43 Å². The summed E-state index contributed by atoms with van der Waals surface area (Å²) < 4.78 is 20.1. The molecule has 0 radical (unpaired) electrons. The maximum Gasteiger partial charge on any atom is 0.343 e. The van der Waals surface area contributed by atoms with E-state index in [9.17, 15) is 9.59 Å². The van der Waals surface area contributed by atoms with Gasteiger partial charge in [0.25, 0.3) is 0 Å². The first-order valence-electron chi connectivity index (χ1n) is 10.9. The third kappa shape index (κ3) is 3.93. The fourth-order valence-corrected chi connectivity index (χ4v) is 4.30. The molecule has 7 nitrogen and oxygen atoms in total. The Labute approximate surface area is 189 Å². The van der Waals surface area contributed by atoms with Gasteiger partial charge < -0.3 is 19.9 Å². The molecule has 0 spiro atoms. The second-order valence-electron chi connectivity index (χ2n) is 8.00. The summed E-state index contributed by atoms with van der Waals surface area (Å²) >= 11 is 0. The number of hydrogen-bond acceptors (Lipinski definition) is 6. The summed E-state index contributed by atoms with van der Waals surface area (Å²) in [6.07, 6.45) is 1.31. The van der Waals surface area contributed by atoms with Gasteiger partial charge in [-0.2, -0.15) is 0 Å². The largest absolute Gasteiger partial charge is 0.462 e. The van der Waals surface area contributed by atoms with Crippen molar-refractivity contribution < 1.29 is 13.9 Å². The number of esters is 1. The number of fused-ring (bicyclic) bond motifs is 2. The number of halogens is 1. The Morgan fingerprint density at radius 2 is 2.06 bits per heavy atom. The third-order valence-electron chi connectivity index (χ3n) is 5.94. The van der Waals surface area contributed by atoms with Crippen LogP contribution in [0.4, 0.5) is 10.1 Å². The molecule has 168 valence electrons. The van der Waals surface area contributed by atoms with E-state index in [0.717, 1.165) is 12.1 Å². The van der Waals surface area contributed by atoms with Crippen molar-refractivity contribution in [3.63, 3.8) is 0 Å². The van der Waals surface area contributed by atoms with Crippen molar-refractivity contribution in [3.05, 3.63) is 81.9 Å². The molecule has 8 heteroatoms. The number of piperazine rings is 1. The molecular formula is C25H23FN4O3. The number of hydrogen-bond donors (Lipinski definition) is 2. The molecule has 0 saturated carbocycles. The van der Waals surface area contributed by atoms with E-state index in [4.69, 9.17) is 4.74 Å². The van der Waals surface area contributed by atoms with Crippen molar-refractivity contribution in [2.24, 2.45) is 0 Å². The van der Waals surface area contributed by atoms with E-state index in [0.29, 0.717) is 35.3 Å². The summed E-state index contributed by atoms with van der Waals surface area (Å²) in [6.45, 7) is 3.85. The van der Waals surface area contributed by atoms with Gasteiger partial charge in [0.05, 0.1) is 23.2 Å². The zero-order chi connectivity index (χ0) is 22.9. The maximum absolute atomic E-state index is 15.2. The molecule has 1 unspecified atom stereocenters. The lowest BCUT2D eigenvalue weighted by atomic mass is 10.0. The third-order valence-corrected chi connectivity index (χ3v) is 5.94. The quantitative estimate of drug-likeness (QED) is 0.368. The number of carbonyl (C=O) groups is 1. The van der Waals surface area contributed by atoms with Crippen molar-refractivity contribution in [2.75, 3.05) is 31.1 Å². The standard InChI is InChI=1S/C25H23FN4O3/c1-2-33-25(32)18-13-28-24-17(23(18)31)10-16-11-19(26)22(12-20(16)29-24)30-9-8-27-21(14-30)15-6-4-3-5-7-15/h3-7,10-13,21,27H,2,8-9,14H2,1H3,(H,28,29,31). The summed E-state index contributed by atoms with van der Waals surface area (Å²) in [4.78, 5) is 34.3.